The van der Waals surface area contributed by atoms with Crippen LogP contribution in [0.2, 0.25) is 0 Å². The lowest BCUT2D eigenvalue weighted by atomic mass is 10.1. The molecule has 0 bridgehead atoms. The van der Waals surface area contributed by atoms with Crippen LogP contribution in [0.1, 0.15) is 44.1 Å². The zero-order valence-corrected chi connectivity index (χ0v) is 14.2. The molecule has 3 rings (SSSR count). The Hall–Kier alpha value is -2.37. The molecule has 2 aromatic rings. The van der Waals surface area contributed by atoms with Gasteiger partial charge in [-0.2, -0.15) is 10.1 Å². The first kappa shape index (κ1) is 16.5. The van der Waals surface area contributed by atoms with E-state index in [0.717, 1.165) is 11.3 Å². The van der Waals surface area contributed by atoms with Crippen molar-refractivity contribution in [3.05, 3.63) is 36.0 Å². The van der Waals surface area contributed by atoms with E-state index in [1.807, 2.05) is 24.3 Å². The average molecular weight is 327 g/mol. The maximum Gasteiger partial charge on any atom is 0.244 e. The van der Waals surface area contributed by atoms with Crippen molar-refractivity contribution in [2.24, 2.45) is 0 Å². The molecule has 1 aliphatic rings. The van der Waals surface area contributed by atoms with E-state index in [4.69, 9.17) is 4.74 Å². The van der Waals surface area contributed by atoms with Gasteiger partial charge in [0.15, 0.2) is 5.82 Å². The molecule has 6 heteroatoms. The fourth-order valence-electron chi connectivity index (χ4n) is 3.09. The summed E-state index contributed by atoms with van der Waals surface area (Å²) in [6, 6.07) is 8.40. The summed E-state index contributed by atoms with van der Waals surface area (Å²) >= 11 is 0. The van der Waals surface area contributed by atoms with Crippen molar-refractivity contribution >= 4 is 11.8 Å². The second-order valence-corrected chi connectivity index (χ2v) is 6.16. The number of rotatable bonds is 6. The second-order valence-electron chi connectivity index (χ2n) is 6.16. The summed E-state index contributed by atoms with van der Waals surface area (Å²) in [5, 5.41) is 14.9. The van der Waals surface area contributed by atoms with E-state index < -0.39 is 0 Å². The van der Waals surface area contributed by atoms with E-state index in [9.17, 15) is 0 Å². The Labute approximate surface area is 143 Å². The van der Waals surface area contributed by atoms with Crippen LogP contribution in [0.5, 0.6) is 5.75 Å². The molecule has 1 aromatic carbocycles. The molecule has 0 spiro atoms. The van der Waals surface area contributed by atoms with E-state index in [-0.39, 0.29) is 0 Å². The highest BCUT2D eigenvalue weighted by molar-refractivity contribution is 5.41. The minimum Gasteiger partial charge on any atom is -0.496 e. The topological polar surface area (TPSA) is 72.0 Å². The van der Waals surface area contributed by atoms with Gasteiger partial charge >= 0.3 is 0 Å². The lowest BCUT2D eigenvalue weighted by molar-refractivity contribution is 0.410. The van der Waals surface area contributed by atoms with Crippen LogP contribution < -0.4 is 15.4 Å². The molecule has 0 aliphatic heterocycles. The van der Waals surface area contributed by atoms with Crippen molar-refractivity contribution < 1.29 is 4.74 Å². The standard InChI is InChI=1S/C18H25N5O/c1-24-16-11-7-6-8-14(16)12-19-17-13-20-23-18(22-17)21-15-9-4-2-3-5-10-15/h6-8,11,13,15H,2-5,9-10,12H2,1H3,(H2,19,21,22,23). The monoisotopic (exact) mass is 327 g/mol. The van der Waals surface area contributed by atoms with Crippen molar-refractivity contribution in [3.8, 4) is 5.75 Å². The van der Waals surface area contributed by atoms with Gasteiger partial charge in [-0.1, -0.05) is 43.9 Å². The molecule has 1 saturated carbocycles. The van der Waals surface area contributed by atoms with Gasteiger partial charge in [-0.15, -0.1) is 5.10 Å². The number of para-hydroxylation sites is 1. The SMILES string of the molecule is COc1ccccc1CNc1cnnc(NC2CCCCCC2)n1. The third-order valence-corrected chi connectivity index (χ3v) is 4.40. The maximum absolute atomic E-state index is 5.37. The summed E-state index contributed by atoms with van der Waals surface area (Å²) in [4.78, 5) is 4.53. The molecule has 128 valence electrons. The van der Waals surface area contributed by atoms with Crippen LogP contribution in [0.25, 0.3) is 0 Å². The Bertz CT molecular complexity index is 641. The fraction of sp³-hybridized carbons (Fsp3) is 0.500. The van der Waals surface area contributed by atoms with Crippen LogP contribution in [-0.2, 0) is 6.54 Å². The van der Waals surface area contributed by atoms with Crippen LogP contribution in [-0.4, -0.2) is 28.3 Å². The summed E-state index contributed by atoms with van der Waals surface area (Å²) in [5.41, 5.74) is 1.08. The minimum atomic E-state index is 0.457. The highest BCUT2D eigenvalue weighted by Gasteiger charge is 2.13. The van der Waals surface area contributed by atoms with E-state index in [1.165, 1.54) is 38.5 Å². The molecular weight excluding hydrogens is 302 g/mol. The minimum absolute atomic E-state index is 0.457. The first-order chi connectivity index (χ1) is 11.8. The number of anilines is 2. The van der Waals surface area contributed by atoms with Gasteiger partial charge in [-0.05, 0) is 18.9 Å². The predicted molar refractivity (Wildman–Crippen MR) is 95.3 cm³/mol. The number of benzene rings is 1. The van der Waals surface area contributed by atoms with E-state index >= 15 is 0 Å². The summed E-state index contributed by atoms with van der Waals surface area (Å²) in [6.45, 7) is 0.631. The van der Waals surface area contributed by atoms with Crippen molar-refractivity contribution in [1.82, 2.24) is 15.2 Å². The maximum atomic E-state index is 5.37. The van der Waals surface area contributed by atoms with Crippen LogP contribution in [0.4, 0.5) is 11.8 Å². The fourth-order valence-corrected chi connectivity index (χ4v) is 3.09. The third-order valence-electron chi connectivity index (χ3n) is 4.40. The van der Waals surface area contributed by atoms with Gasteiger partial charge in [-0.3, -0.25) is 0 Å². The number of ether oxygens (including phenoxy) is 1. The number of hydrogen-bond donors (Lipinski definition) is 2. The molecule has 0 amide bonds. The lowest BCUT2D eigenvalue weighted by Gasteiger charge is -2.16. The predicted octanol–water partition coefficient (Wildman–Crippen LogP) is 3.63. The molecule has 0 saturated heterocycles. The van der Waals surface area contributed by atoms with Gasteiger partial charge in [0.25, 0.3) is 0 Å². The number of nitrogens with zero attached hydrogens (tertiary/aromatic N) is 3. The van der Waals surface area contributed by atoms with Gasteiger partial charge < -0.3 is 15.4 Å². The van der Waals surface area contributed by atoms with Crippen LogP contribution in [0, 0.1) is 0 Å². The van der Waals surface area contributed by atoms with Crippen molar-refractivity contribution in [1.29, 1.82) is 0 Å². The number of hydrogen-bond acceptors (Lipinski definition) is 6. The molecule has 0 unspecified atom stereocenters. The number of methoxy groups -OCH3 is 1. The average Bonchev–Trinajstić information content (AvgIpc) is 2.89. The highest BCUT2D eigenvalue weighted by atomic mass is 16.5. The Morgan fingerprint density at radius 2 is 1.92 bits per heavy atom. The van der Waals surface area contributed by atoms with Crippen LogP contribution in [0.3, 0.4) is 0 Å². The van der Waals surface area contributed by atoms with Gasteiger partial charge in [0.2, 0.25) is 5.95 Å². The molecule has 1 fully saturated rings. The zero-order chi connectivity index (χ0) is 16.6. The van der Waals surface area contributed by atoms with E-state index in [0.29, 0.717) is 24.4 Å². The van der Waals surface area contributed by atoms with Gasteiger partial charge in [0.1, 0.15) is 5.75 Å². The summed E-state index contributed by atoms with van der Waals surface area (Å²) in [6.07, 6.45) is 9.22. The summed E-state index contributed by atoms with van der Waals surface area (Å²) in [7, 11) is 1.68. The molecule has 1 aliphatic carbocycles. The van der Waals surface area contributed by atoms with Crippen molar-refractivity contribution in [3.63, 3.8) is 0 Å². The van der Waals surface area contributed by atoms with Crippen LogP contribution >= 0.6 is 0 Å². The molecule has 1 aromatic heterocycles. The largest absolute Gasteiger partial charge is 0.496 e. The highest BCUT2D eigenvalue weighted by Crippen LogP contribution is 2.21. The zero-order valence-electron chi connectivity index (χ0n) is 14.2. The van der Waals surface area contributed by atoms with Gasteiger partial charge in [0.05, 0.1) is 13.3 Å². The lowest BCUT2D eigenvalue weighted by Crippen LogP contribution is -2.20. The Kier molecular flexibility index (Phi) is 5.82. The molecule has 0 atom stereocenters. The normalized spacial score (nSPS) is 15.5. The second kappa shape index (κ2) is 8.47. The Morgan fingerprint density at radius 3 is 2.71 bits per heavy atom. The smallest absolute Gasteiger partial charge is 0.244 e. The molecule has 2 N–H and O–H groups in total. The van der Waals surface area contributed by atoms with Crippen LogP contribution in [0.15, 0.2) is 30.5 Å². The summed E-state index contributed by atoms with van der Waals surface area (Å²) in [5.74, 6) is 2.18. The molecule has 1 heterocycles. The first-order valence-corrected chi connectivity index (χ1v) is 8.67. The van der Waals surface area contributed by atoms with E-state index in [2.05, 4.69) is 25.8 Å². The molecule has 6 nitrogen and oxygen atoms in total. The van der Waals surface area contributed by atoms with Crippen molar-refractivity contribution in [2.75, 3.05) is 17.7 Å². The Balaban J connectivity index is 1.60. The third kappa shape index (κ3) is 4.57. The number of aromatic nitrogens is 3. The van der Waals surface area contributed by atoms with Crippen molar-refractivity contribution in [2.45, 2.75) is 51.1 Å². The van der Waals surface area contributed by atoms with E-state index in [1.54, 1.807) is 13.3 Å². The Morgan fingerprint density at radius 1 is 1.12 bits per heavy atom. The molecule has 24 heavy (non-hydrogen) atoms. The van der Waals surface area contributed by atoms with Gasteiger partial charge in [-0.25, -0.2) is 0 Å². The number of nitrogens with one attached hydrogen (secondary N) is 2. The molecule has 0 radical (unpaired) electrons. The first-order valence-electron chi connectivity index (χ1n) is 8.67. The quantitative estimate of drug-likeness (QED) is 0.790. The molecular formula is C18H25N5O. The summed E-state index contributed by atoms with van der Waals surface area (Å²) < 4.78 is 5.37. The van der Waals surface area contributed by atoms with Gasteiger partial charge in [0, 0.05) is 18.2 Å².